The third-order valence-electron chi connectivity index (χ3n) is 3.79. The van der Waals surface area contributed by atoms with Crippen LogP contribution in [0.3, 0.4) is 0 Å². The number of rotatable bonds is 5. The average Bonchev–Trinajstić information content (AvgIpc) is 2.44. The number of nitrogens with one attached hydrogen (secondary N) is 1. The van der Waals surface area contributed by atoms with Crippen molar-refractivity contribution in [2.45, 2.75) is 38.6 Å². The normalized spacial score (nSPS) is 22.3. The molecular formula is C15H19F4NO. The van der Waals surface area contributed by atoms with Crippen LogP contribution in [-0.2, 0) is 0 Å². The Morgan fingerprint density at radius 3 is 2.43 bits per heavy atom. The van der Waals surface area contributed by atoms with Crippen molar-refractivity contribution in [2.75, 3.05) is 13.2 Å². The highest BCUT2D eigenvalue weighted by molar-refractivity contribution is 5.28. The molecule has 2 atom stereocenters. The molecule has 0 saturated heterocycles. The molecule has 1 aromatic rings. The van der Waals surface area contributed by atoms with Crippen LogP contribution in [0, 0.1) is 29.2 Å². The van der Waals surface area contributed by atoms with Gasteiger partial charge >= 0.3 is 0 Å². The summed E-state index contributed by atoms with van der Waals surface area (Å²) < 4.78 is 57.5. The zero-order valence-corrected chi connectivity index (χ0v) is 11.9. The fraction of sp³-hybridized carbons (Fsp3) is 0.600. The lowest BCUT2D eigenvalue weighted by Crippen LogP contribution is -2.36. The Hall–Kier alpha value is -1.30. The van der Waals surface area contributed by atoms with Gasteiger partial charge in [0.2, 0.25) is 11.6 Å². The molecule has 6 heteroatoms. The molecule has 1 aromatic carbocycles. The van der Waals surface area contributed by atoms with Crippen LogP contribution in [0.1, 0.15) is 32.6 Å². The molecule has 1 saturated carbocycles. The van der Waals surface area contributed by atoms with E-state index in [4.69, 9.17) is 4.74 Å². The summed E-state index contributed by atoms with van der Waals surface area (Å²) in [6.07, 6.45) is 4.48. The highest BCUT2D eigenvalue weighted by Gasteiger charge is 2.21. The maximum absolute atomic E-state index is 13.3. The van der Waals surface area contributed by atoms with E-state index in [-0.39, 0.29) is 12.7 Å². The molecule has 1 fully saturated rings. The van der Waals surface area contributed by atoms with E-state index < -0.39 is 29.0 Å². The largest absolute Gasteiger partial charge is 0.486 e. The zero-order valence-electron chi connectivity index (χ0n) is 11.9. The van der Waals surface area contributed by atoms with Crippen LogP contribution in [0.15, 0.2) is 6.07 Å². The molecule has 0 bridgehead atoms. The first-order chi connectivity index (χ1) is 9.99. The van der Waals surface area contributed by atoms with Gasteiger partial charge in [-0.15, -0.1) is 0 Å². The molecule has 21 heavy (non-hydrogen) atoms. The molecule has 0 amide bonds. The van der Waals surface area contributed by atoms with E-state index in [1.165, 1.54) is 6.42 Å². The second-order valence-corrected chi connectivity index (χ2v) is 5.57. The quantitative estimate of drug-likeness (QED) is 0.508. The lowest BCUT2D eigenvalue weighted by atomic mass is 9.87. The monoisotopic (exact) mass is 305 g/mol. The first-order valence-corrected chi connectivity index (χ1v) is 7.18. The van der Waals surface area contributed by atoms with Crippen LogP contribution < -0.4 is 10.1 Å². The molecule has 1 aliphatic rings. The smallest absolute Gasteiger partial charge is 0.203 e. The Balaban J connectivity index is 1.84. The van der Waals surface area contributed by atoms with Gasteiger partial charge in [0, 0.05) is 18.7 Å². The number of ether oxygens (including phenoxy) is 1. The Kier molecular flexibility index (Phi) is 5.45. The fourth-order valence-corrected chi connectivity index (χ4v) is 2.71. The Labute approximate surface area is 121 Å². The van der Waals surface area contributed by atoms with Gasteiger partial charge in [0.05, 0.1) is 0 Å². The minimum absolute atomic E-state index is 0.0540. The van der Waals surface area contributed by atoms with E-state index in [1.807, 2.05) is 0 Å². The first kappa shape index (κ1) is 16.1. The molecule has 2 unspecified atom stereocenters. The van der Waals surface area contributed by atoms with Gasteiger partial charge in [-0.3, -0.25) is 0 Å². The van der Waals surface area contributed by atoms with E-state index >= 15 is 0 Å². The number of hydrogen-bond acceptors (Lipinski definition) is 2. The van der Waals surface area contributed by atoms with Gasteiger partial charge in [0.25, 0.3) is 0 Å². The molecule has 0 radical (unpaired) electrons. The molecule has 118 valence electrons. The summed E-state index contributed by atoms with van der Waals surface area (Å²) in [5, 5.41) is 3.23. The van der Waals surface area contributed by atoms with Gasteiger partial charge in [-0.05, 0) is 18.8 Å². The van der Waals surface area contributed by atoms with Gasteiger partial charge in [-0.1, -0.05) is 19.8 Å². The van der Waals surface area contributed by atoms with Crippen LogP contribution in [-0.4, -0.2) is 19.2 Å². The molecule has 0 aromatic heterocycles. The molecule has 1 aliphatic carbocycles. The van der Waals surface area contributed by atoms with Crippen LogP contribution in [0.4, 0.5) is 17.6 Å². The Bertz CT molecular complexity index is 469. The molecule has 2 nitrogen and oxygen atoms in total. The highest BCUT2D eigenvalue weighted by Crippen LogP contribution is 2.26. The minimum atomic E-state index is -1.50. The molecule has 2 rings (SSSR count). The minimum Gasteiger partial charge on any atom is -0.486 e. The Morgan fingerprint density at radius 1 is 1.14 bits per heavy atom. The summed E-state index contributed by atoms with van der Waals surface area (Å²) in [4.78, 5) is 0. The third kappa shape index (κ3) is 4.09. The SMILES string of the molecule is CC1CCCC(NCCOc2c(F)c(F)cc(F)c2F)C1. The van der Waals surface area contributed by atoms with Crippen LogP contribution in [0.2, 0.25) is 0 Å². The predicted molar refractivity (Wildman–Crippen MR) is 71.2 cm³/mol. The van der Waals surface area contributed by atoms with E-state index in [0.717, 1.165) is 19.3 Å². The second kappa shape index (κ2) is 7.11. The average molecular weight is 305 g/mol. The van der Waals surface area contributed by atoms with Crippen molar-refractivity contribution in [1.82, 2.24) is 5.32 Å². The molecule has 1 N–H and O–H groups in total. The van der Waals surface area contributed by atoms with E-state index in [1.54, 1.807) is 0 Å². The topological polar surface area (TPSA) is 21.3 Å². The molecule has 0 aliphatic heterocycles. The summed E-state index contributed by atoms with van der Waals surface area (Å²) in [6.45, 7) is 2.50. The summed E-state index contributed by atoms with van der Waals surface area (Å²) in [5.41, 5.74) is 0. The van der Waals surface area contributed by atoms with E-state index in [9.17, 15) is 17.6 Å². The maximum atomic E-state index is 13.3. The zero-order chi connectivity index (χ0) is 15.4. The van der Waals surface area contributed by atoms with Crippen molar-refractivity contribution in [2.24, 2.45) is 5.92 Å². The standard InChI is InChI=1S/C15H19F4NO/c1-9-3-2-4-10(7-9)20-5-6-21-15-13(18)11(16)8-12(17)14(15)19/h8-10,20H,2-7H2,1H3. The summed E-state index contributed by atoms with van der Waals surface area (Å²) in [6, 6.07) is 0.524. The maximum Gasteiger partial charge on any atom is 0.203 e. The number of halogens is 4. The van der Waals surface area contributed by atoms with Crippen molar-refractivity contribution >= 4 is 0 Å². The lowest BCUT2D eigenvalue weighted by molar-refractivity contribution is 0.247. The number of hydrogen-bond donors (Lipinski definition) is 1. The van der Waals surface area contributed by atoms with Crippen molar-refractivity contribution < 1.29 is 22.3 Å². The Morgan fingerprint density at radius 2 is 1.81 bits per heavy atom. The van der Waals surface area contributed by atoms with Crippen molar-refractivity contribution in [3.8, 4) is 5.75 Å². The molecule has 0 spiro atoms. The van der Waals surface area contributed by atoms with Gasteiger partial charge in [0.15, 0.2) is 17.4 Å². The predicted octanol–water partition coefficient (Wildman–Crippen LogP) is 3.79. The van der Waals surface area contributed by atoms with E-state index in [0.29, 0.717) is 18.5 Å². The summed E-state index contributed by atoms with van der Waals surface area (Å²) in [7, 11) is 0. The van der Waals surface area contributed by atoms with Crippen LogP contribution >= 0.6 is 0 Å². The number of benzene rings is 1. The fourth-order valence-electron chi connectivity index (χ4n) is 2.71. The molecular weight excluding hydrogens is 286 g/mol. The van der Waals surface area contributed by atoms with E-state index in [2.05, 4.69) is 12.2 Å². The molecule has 0 heterocycles. The van der Waals surface area contributed by atoms with Crippen molar-refractivity contribution in [3.63, 3.8) is 0 Å². The van der Waals surface area contributed by atoms with Gasteiger partial charge < -0.3 is 10.1 Å². The van der Waals surface area contributed by atoms with Gasteiger partial charge in [-0.25, -0.2) is 8.78 Å². The lowest BCUT2D eigenvalue weighted by Gasteiger charge is -2.27. The second-order valence-electron chi connectivity index (χ2n) is 5.57. The van der Waals surface area contributed by atoms with Crippen molar-refractivity contribution in [1.29, 1.82) is 0 Å². The highest BCUT2D eigenvalue weighted by atomic mass is 19.2. The van der Waals surface area contributed by atoms with Crippen molar-refractivity contribution in [3.05, 3.63) is 29.3 Å². The van der Waals surface area contributed by atoms with Gasteiger partial charge in [0.1, 0.15) is 6.61 Å². The summed E-state index contributed by atoms with van der Waals surface area (Å²) >= 11 is 0. The van der Waals surface area contributed by atoms with Gasteiger partial charge in [-0.2, -0.15) is 8.78 Å². The third-order valence-corrected chi connectivity index (χ3v) is 3.79. The summed E-state index contributed by atoms with van der Waals surface area (Å²) in [5.74, 6) is -6.26. The van der Waals surface area contributed by atoms with Crippen LogP contribution in [0.25, 0.3) is 0 Å². The first-order valence-electron chi connectivity index (χ1n) is 7.18. The van der Waals surface area contributed by atoms with Crippen LogP contribution in [0.5, 0.6) is 5.75 Å².